The molecule has 3 aromatic rings. The molecule has 0 unspecified atom stereocenters. The molecule has 32 heavy (non-hydrogen) atoms. The van der Waals surface area contributed by atoms with Gasteiger partial charge in [0.05, 0.1) is 38.2 Å². The monoisotopic (exact) mass is 430 g/mol. The first-order valence-corrected chi connectivity index (χ1v) is 11.7. The van der Waals surface area contributed by atoms with E-state index in [1.54, 1.807) is 0 Å². The van der Waals surface area contributed by atoms with E-state index in [0.29, 0.717) is 6.04 Å². The molecule has 0 atom stereocenters. The molecule has 3 aliphatic rings. The molecule has 0 radical (unpaired) electrons. The van der Waals surface area contributed by atoms with Gasteiger partial charge in [-0.15, -0.1) is 0 Å². The first-order valence-electron chi connectivity index (χ1n) is 11.7. The predicted molar refractivity (Wildman–Crippen MR) is 126 cm³/mol. The highest BCUT2D eigenvalue weighted by Gasteiger charge is 2.27. The second kappa shape index (κ2) is 8.79. The number of aromatic nitrogens is 2. The molecule has 0 spiro atoms. The summed E-state index contributed by atoms with van der Waals surface area (Å²) in [5.41, 5.74) is 7.38. The molecule has 5 heterocycles. The van der Waals surface area contributed by atoms with Crippen LogP contribution in [0.2, 0.25) is 0 Å². The van der Waals surface area contributed by atoms with Gasteiger partial charge >= 0.3 is 0 Å². The van der Waals surface area contributed by atoms with Crippen LogP contribution in [0.5, 0.6) is 0 Å². The van der Waals surface area contributed by atoms with E-state index >= 15 is 0 Å². The number of H-pyrrole nitrogens is 1. The van der Waals surface area contributed by atoms with E-state index in [-0.39, 0.29) is 0 Å². The number of nitrogens with one attached hydrogen (secondary N) is 1. The summed E-state index contributed by atoms with van der Waals surface area (Å²) >= 11 is 0. The van der Waals surface area contributed by atoms with E-state index in [1.165, 1.54) is 27.8 Å². The fraction of sp³-hybridized carbons (Fsp3) is 0.423. The number of ether oxygens (including phenoxy) is 2. The maximum Gasteiger partial charge on any atom is 0.0795 e. The molecule has 2 fully saturated rings. The van der Waals surface area contributed by atoms with Crippen molar-refractivity contribution in [1.82, 2.24) is 19.8 Å². The Morgan fingerprint density at radius 3 is 2.50 bits per heavy atom. The van der Waals surface area contributed by atoms with Crippen LogP contribution in [0.3, 0.4) is 0 Å². The van der Waals surface area contributed by atoms with E-state index in [1.807, 2.05) is 6.20 Å². The number of hydrogen-bond acceptors (Lipinski definition) is 5. The molecule has 6 rings (SSSR count). The number of hydrogen-bond donors (Lipinski definition) is 1. The summed E-state index contributed by atoms with van der Waals surface area (Å²) in [6, 6.07) is 13.9. The van der Waals surface area contributed by atoms with E-state index < -0.39 is 0 Å². The van der Waals surface area contributed by atoms with Crippen molar-refractivity contribution >= 4 is 16.5 Å². The van der Waals surface area contributed by atoms with E-state index in [9.17, 15) is 0 Å². The number of rotatable bonds is 5. The maximum atomic E-state index is 5.48. The van der Waals surface area contributed by atoms with Gasteiger partial charge in [-0.1, -0.05) is 30.3 Å². The van der Waals surface area contributed by atoms with Crippen LogP contribution in [0.15, 0.2) is 48.7 Å². The van der Waals surface area contributed by atoms with E-state index in [2.05, 4.69) is 57.3 Å². The third-order valence-corrected chi connectivity index (χ3v) is 7.01. The Balaban J connectivity index is 1.21. The van der Waals surface area contributed by atoms with Gasteiger partial charge in [-0.2, -0.15) is 0 Å². The van der Waals surface area contributed by atoms with Crippen molar-refractivity contribution in [1.29, 1.82) is 0 Å². The lowest BCUT2D eigenvalue weighted by Crippen LogP contribution is -2.50. The predicted octanol–water partition coefficient (Wildman–Crippen LogP) is 3.55. The highest BCUT2D eigenvalue weighted by molar-refractivity contribution is 5.93. The number of pyridine rings is 1. The molecule has 0 aliphatic carbocycles. The van der Waals surface area contributed by atoms with Crippen molar-refractivity contribution in [3.8, 4) is 11.3 Å². The molecule has 6 heteroatoms. The smallest absolute Gasteiger partial charge is 0.0795 e. The van der Waals surface area contributed by atoms with Gasteiger partial charge in [0, 0.05) is 61.1 Å². The average molecular weight is 431 g/mol. The largest absolute Gasteiger partial charge is 0.379 e. The summed E-state index contributed by atoms with van der Waals surface area (Å²) in [6.07, 6.45) is 5.40. The second-order valence-electron chi connectivity index (χ2n) is 9.05. The van der Waals surface area contributed by atoms with Crippen molar-refractivity contribution in [3.05, 3.63) is 59.9 Å². The normalized spacial score (nSPS) is 20.9. The minimum absolute atomic E-state index is 0.622. The average Bonchev–Trinajstić information content (AvgIpc) is 3.22. The Morgan fingerprint density at radius 1 is 0.969 bits per heavy atom. The van der Waals surface area contributed by atoms with Gasteiger partial charge in [-0.3, -0.25) is 14.8 Å². The summed E-state index contributed by atoms with van der Waals surface area (Å²) in [6.45, 7) is 8.49. The van der Waals surface area contributed by atoms with Crippen LogP contribution in [0.4, 0.5) is 0 Å². The second-order valence-corrected chi connectivity index (χ2v) is 9.05. The summed E-state index contributed by atoms with van der Waals surface area (Å²) in [4.78, 5) is 13.3. The Morgan fingerprint density at radius 2 is 1.78 bits per heavy atom. The summed E-state index contributed by atoms with van der Waals surface area (Å²) in [5, 5.41) is 1.19. The van der Waals surface area contributed by atoms with E-state index in [0.717, 1.165) is 76.8 Å². The summed E-state index contributed by atoms with van der Waals surface area (Å²) < 4.78 is 10.8. The van der Waals surface area contributed by atoms with Gasteiger partial charge in [0.2, 0.25) is 0 Å². The minimum Gasteiger partial charge on any atom is -0.379 e. The molecule has 1 aromatic carbocycles. The van der Waals surface area contributed by atoms with Crippen LogP contribution in [0.25, 0.3) is 27.7 Å². The topological polar surface area (TPSA) is 53.6 Å². The lowest BCUT2D eigenvalue weighted by Gasteiger charge is -2.38. The zero-order valence-electron chi connectivity index (χ0n) is 18.4. The molecule has 0 bridgehead atoms. The lowest BCUT2D eigenvalue weighted by atomic mass is 9.96. The van der Waals surface area contributed by atoms with E-state index in [4.69, 9.17) is 14.5 Å². The maximum absolute atomic E-state index is 5.48. The SMILES string of the molecule is C1=C(c2ccc(-c3nccc4[nH]c(CN5CCOCC5)cc34)cc2)CCN(C2COC2)C1. The minimum atomic E-state index is 0.622. The van der Waals surface area contributed by atoms with Crippen molar-refractivity contribution < 1.29 is 9.47 Å². The molecule has 2 saturated heterocycles. The molecular weight excluding hydrogens is 400 g/mol. The van der Waals surface area contributed by atoms with Crippen LogP contribution in [0.1, 0.15) is 17.7 Å². The molecule has 2 aromatic heterocycles. The lowest BCUT2D eigenvalue weighted by molar-refractivity contribution is -0.0612. The quantitative estimate of drug-likeness (QED) is 0.671. The highest BCUT2D eigenvalue weighted by atomic mass is 16.5. The van der Waals surface area contributed by atoms with Gasteiger partial charge < -0.3 is 14.5 Å². The fourth-order valence-corrected chi connectivity index (χ4v) is 4.98. The number of aromatic amines is 1. The fourth-order valence-electron chi connectivity index (χ4n) is 4.98. The van der Waals surface area contributed by atoms with Gasteiger partial charge in [-0.25, -0.2) is 0 Å². The van der Waals surface area contributed by atoms with Crippen LogP contribution in [-0.2, 0) is 16.0 Å². The third-order valence-electron chi connectivity index (χ3n) is 7.01. The number of nitrogens with zero attached hydrogens (tertiary/aromatic N) is 3. The third kappa shape index (κ3) is 3.99. The number of morpholine rings is 1. The Hall–Kier alpha value is -2.51. The van der Waals surface area contributed by atoms with Gasteiger partial charge in [0.15, 0.2) is 0 Å². The van der Waals surface area contributed by atoms with Crippen molar-refractivity contribution in [2.75, 3.05) is 52.6 Å². The zero-order chi connectivity index (χ0) is 21.3. The van der Waals surface area contributed by atoms with Gasteiger partial charge in [-0.05, 0) is 29.7 Å². The van der Waals surface area contributed by atoms with Gasteiger partial charge in [0.25, 0.3) is 0 Å². The van der Waals surface area contributed by atoms with Crippen LogP contribution >= 0.6 is 0 Å². The summed E-state index contributed by atoms with van der Waals surface area (Å²) in [7, 11) is 0. The standard InChI is InChI=1S/C26H30N4O2/c1-3-21(4-2-19(1)20-6-9-30(10-7-20)23-17-32-18-23)26-24-15-22(28-25(24)5-8-27-26)16-29-11-13-31-14-12-29/h1-6,8,15,23,28H,7,9-14,16-18H2. The van der Waals surface area contributed by atoms with Crippen molar-refractivity contribution in [2.45, 2.75) is 19.0 Å². The molecule has 166 valence electrons. The molecule has 3 aliphatic heterocycles. The molecule has 6 nitrogen and oxygen atoms in total. The zero-order valence-corrected chi connectivity index (χ0v) is 18.4. The highest BCUT2D eigenvalue weighted by Crippen LogP contribution is 2.30. The van der Waals surface area contributed by atoms with Crippen LogP contribution in [0, 0.1) is 0 Å². The first-order chi connectivity index (χ1) is 15.8. The van der Waals surface area contributed by atoms with Crippen molar-refractivity contribution in [3.63, 3.8) is 0 Å². The Bertz CT molecular complexity index is 1110. The molecule has 1 N–H and O–H groups in total. The molecular formula is C26H30N4O2. The first kappa shape index (κ1) is 20.1. The van der Waals surface area contributed by atoms with Crippen LogP contribution < -0.4 is 0 Å². The van der Waals surface area contributed by atoms with Gasteiger partial charge in [0.1, 0.15) is 0 Å². The Labute approximate surface area is 188 Å². The molecule has 0 saturated carbocycles. The number of benzene rings is 1. The van der Waals surface area contributed by atoms with Crippen LogP contribution in [-0.4, -0.2) is 78.4 Å². The van der Waals surface area contributed by atoms with Crippen molar-refractivity contribution in [2.24, 2.45) is 0 Å². The molecule has 0 amide bonds. The summed E-state index contributed by atoms with van der Waals surface area (Å²) in [5.74, 6) is 0. The Kier molecular flexibility index (Phi) is 5.53. The number of fused-ring (bicyclic) bond motifs is 1.